The predicted octanol–water partition coefficient (Wildman–Crippen LogP) is 5.97. The molecule has 0 radical (unpaired) electrons. The fourth-order valence-corrected chi connectivity index (χ4v) is 5.11. The highest BCUT2D eigenvalue weighted by atomic mass is 32.1. The van der Waals surface area contributed by atoms with Gasteiger partial charge in [-0.2, -0.15) is 0 Å². The number of hydrogen-bond donors (Lipinski definition) is 1. The molecule has 2 aromatic rings. The highest BCUT2D eigenvalue weighted by Gasteiger charge is 2.38. The van der Waals surface area contributed by atoms with Crippen LogP contribution >= 0.6 is 11.3 Å². The molecule has 1 N–H and O–H groups in total. The number of nitrogens with zero attached hydrogens (tertiary/aromatic N) is 4. The predicted molar refractivity (Wildman–Crippen MR) is 119 cm³/mol. The van der Waals surface area contributed by atoms with E-state index in [4.69, 9.17) is 5.53 Å². The SMILES string of the molecule is CC1CCC(C(=O)N(c2cc(-c3ccccc3)sc2C(=O)O)C(C)C)C(N=[N+]=[N-])C1. The summed E-state index contributed by atoms with van der Waals surface area (Å²) >= 11 is 1.17. The molecule has 1 saturated carbocycles. The van der Waals surface area contributed by atoms with Crippen molar-refractivity contribution in [1.29, 1.82) is 0 Å². The Balaban J connectivity index is 2.03. The van der Waals surface area contributed by atoms with Crippen molar-refractivity contribution in [2.24, 2.45) is 17.0 Å². The van der Waals surface area contributed by atoms with Crippen molar-refractivity contribution >= 4 is 28.9 Å². The van der Waals surface area contributed by atoms with Crippen LogP contribution in [0.15, 0.2) is 41.5 Å². The summed E-state index contributed by atoms with van der Waals surface area (Å²) < 4.78 is 0. The van der Waals surface area contributed by atoms with E-state index in [1.165, 1.54) is 11.3 Å². The Bertz CT molecular complexity index is 966. The molecule has 30 heavy (non-hydrogen) atoms. The van der Waals surface area contributed by atoms with E-state index in [0.29, 0.717) is 24.4 Å². The Kier molecular flexibility index (Phi) is 6.80. The largest absolute Gasteiger partial charge is 0.477 e. The fraction of sp³-hybridized carbons (Fsp3) is 0.455. The van der Waals surface area contributed by atoms with Crippen molar-refractivity contribution in [3.8, 4) is 10.4 Å². The molecule has 8 heteroatoms. The molecular weight excluding hydrogens is 400 g/mol. The monoisotopic (exact) mass is 426 g/mol. The van der Waals surface area contributed by atoms with Crippen LogP contribution in [0.2, 0.25) is 0 Å². The standard InChI is InChI=1S/C22H26N4O3S/c1-13(2)26(21(27)16-10-9-14(3)11-17(16)24-25-23)18-12-19(30-20(18)22(28)29)15-7-5-4-6-8-15/h4-8,12-14,16-17H,9-11H2,1-3H3,(H,28,29). The number of hydrogen-bond acceptors (Lipinski definition) is 4. The van der Waals surface area contributed by atoms with Crippen LogP contribution in [0.1, 0.15) is 49.7 Å². The van der Waals surface area contributed by atoms with Gasteiger partial charge in [0.15, 0.2) is 0 Å². The highest BCUT2D eigenvalue weighted by Crippen LogP contribution is 2.40. The number of carbonyl (C=O) groups is 2. The van der Waals surface area contributed by atoms with Crippen LogP contribution in [-0.4, -0.2) is 29.1 Å². The first-order valence-electron chi connectivity index (χ1n) is 10.1. The molecule has 1 heterocycles. The van der Waals surface area contributed by atoms with Crippen LogP contribution in [0.5, 0.6) is 0 Å². The van der Waals surface area contributed by atoms with Crippen LogP contribution in [0, 0.1) is 11.8 Å². The summed E-state index contributed by atoms with van der Waals surface area (Å²) in [7, 11) is 0. The molecule has 7 nitrogen and oxygen atoms in total. The molecule has 3 unspecified atom stereocenters. The maximum absolute atomic E-state index is 13.6. The molecule has 3 rings (SSSR count). The normalized spacial score (nSPS) is 21.1. The first-order chi connectivity index (χ1) is 14.3. The van der Waals surface area contributed by atoms with Crippen molar-refractivity contribution in [2.75, 3.05) is 4.90 Å². The molecule has 3 atom stereocenters. The van der Waals surface area contributed by atoms with Gasteiger partial charge in [0.1, 0.15) is 4.88 Å². The Morgan fingerprint density at radius 2 is 1.97 bits per heavy atom. The molecule has 158 valence electrons. The number of carboxylic acid groups (broad SMARTS) is 1. The van der Waals surface area contributed by atoms with Gasteiger partial charge in [0.25, 0.3) is 0 Å². The molecule has 1 aromatic heterocycles. The lowest BCUT2D eigenvalue weighted by Gasteiger charge is -2.36. The number of amides is 1. The van der Waals surface area contributed by atoms with Crippen molar-refractivity contribution in [3.63, 3.8) is 0 Å². The average molecular weight is 427 g/mol. The highest BCUT2D eigenvalue weighted by molar-refractivity contribution is 7.18. The number of aromatic carboxylic acids is 1. The van der Waals surface area contributed by atoms with E-state index >= 15 is 0 Å². The molecular formula is C22H26N4O3S. The molecule has 1 fully saturated rings. The number of rotatable bonds is 6. The minimum absolute atomic E-state index is 0.139. The molecule has 1 aromatic carbocycles. The Hall–Kier alpha value is -2.83. The second-order valence-electron chi connectivity index (χ2n) is 8.10. The summed E-state index contributed by atoms with van der Waals surface area (Å²) in [5.74, 6) is -1.28. The van der Waals surface area contributed by atoms with Crippen molar-refractivity contribution < 1.29 is 14.7 Å². The second-order valence-corrected chi connectivity index (χ2v) is 9.15. The molecule has 1 aliphatic carbocycles. The van der Waals surface area contributed by atoms with E-state index in [-0.39, 0.29) is 16.8 Å². The van der Waals surface area contributed by atoms with Gasteiger partial charge in [-0.15, -0.1) is 11.3 Å². The molecule has 1 aliphatic rings. The van der Waals surface area contributed by atoms with Crippen LogP contribution in [-0.2, 0) is 4.79 Å². The lowest BCUT2D eigenvalue weighted by atomic mass is 9.78. The van der Waals surface area contributed by atoms with Crippen molar-refractivity contribution in [3.05, 3.63) is 51.7 Å². The summed E-state index contributed by atoms with van der Waals surface area (Å²) in [6, 6.07) is 10.7. The zero-order valence-corrected chi connectivity index (χ0v) is 18.2. The lowest BCUT2D eigenvalue weighted by Crippen LogP contribution is -2.46. The maximum atomic E-state index is 13.6. The smallest absolute Gasteiger partial charge is 0.348 e. The van der Waals surface area contributed by atoms with Gasteiger partial charge >= 0.3 is 5.97 Å². The van der Waals surface area contributed by atoms with Gasteiger partial charge in [0, 0.05) is 27.8 Å². The molecule has 0 spiro atoms. The van der Waals surface area contributed by atoms with Gasteiger partial charge in [-0.25, -0.2) is 4.79 Å². The average Bonchev–Trinajstić information content (AvgIpc) is 3.14. The summed E-state index contributed by atoms with van der Waals surface area (Å²) in [4.78, 5) is 31.1. The third kappa shape index (κ3) is 4.50. The summed E-state index contributed by atoms with van der Waals surface area (Å²) in [5.41, 5.74) is 10.3. The van der Waals surface area contributed by atoms with E-state index in [9.17, 15) is 14.7 Å². The minimum atomic E-state index is -1.06. The number of benzene rings is 1. The van der Waals surface area contributed by atoms with Crippen LogP contribution in [0.3, 0.4) is 0 Å². The zero-order chi connectivity index (χ0) is 21.8. The Morgan fingerprint density at radius 3 is 2.57 bits per heavy atom. The Morgan fingerprint density at radius 1 is 1.27 bits per heavy atom. The van der Waals surface area contributed by atoms with E-state index in [1.54, 1.807) is 11.0 Å². The minimum Gasteiger partial charge on any atom is -0.477 e. The second kappa shape index (κ2) is 9.32. The summed E-state index contributed by atoms with van der Waals surface area (Å²) in [6.07, 6.45) is 2.17. The van der Waals surface area contributed by atoms with Crippen LogP contribution in [0.25, 0.3) is 20.9 Å². The third-order valence-corrected chi connectivity index (χ3v) is 6.74. The first kappa shape index (κ1) is 21.9. The number of anilines is 1. The van der Waals surface area contributed by atoms with E-state index in [2.05, 4.69) is 16.9 Å². The van der Waals surface area contributed by atoms with Gasteiger partial charge in [-0.3, -0.25) is 4.79 Å². The zero-order valence-electron chi connectivity index (χ0n) is 17.4. The van der Waals surface area contributed by atoms with E-state index in [1.807, 2.05) is 44.2 Å². The first-order valence-corrected chi connectivity index (χ1v) is 10.9. The van der Waals surface area contributed by atoms with Crippen molar-refractivity contribution in [2.45, 2.75) is 52.1 Å². The topological polar surface area (TPSA) is 106 Å². The third-order valence-electron chi connectivity index (χ3n) is 5.57. The number of thiophene rings is 1. The van der Waals surface area contributed by atoms with Crippen molar-refractivity contribution in [1.82, 2.24) is 0 Å². The van der Waals surface area contributed by atoms with Gasteiger partial charge in [0.05, 0.1) is 5.69 Å². The van der Waals surface area contributed by atoms with Gasteiger partial charge in [-0.05, 0) is 56.2 Å². The van der Waals surface area contributed by atoms with Gasteiger partial charge in [-0.1, -0.05) is 42.4 Å². The number of azide groups is 1. The molecule has 0 saturated heterocycles. The fourth-order valence-electron chi connectivity index (χ4n) is 4.12. The summed E-state index contributed by atoms with van der Waals surface area (Å²) in [5, 5.41) is 13.7. The summed E-state index contributed by atoms with van der Waals surface area (Å²) in [6.45, 7) is 5.84. The number of carboxylic acids is 1. The molecule has 0 bridgehead atoms. The molecule has 0 aliphatic heterocycles. The lowest BCUT2D eigenvalue weighted by molar-refractivity contribution is -0.124. The van der Waals surface area contributed by atoms with Gasteiger partial charge in [0.2, 0.25) is 5.91 Å². The van der Waals surface area contributed by atoms with Crippen LogP contribution < -0.4 is 4.90 Å². The molecule has 1 amide bonds. The van der Waals surface area contributed by atoms with E-state index < -0.39 is 17.9 Å². The maximum Gasteiger partial charge on any atom is 0.348 e. The van der Waals surface area contributed by atoms with E-state index in [0.717, 1.165) is 16.9 Å². The Labute approximate surface area is 180 Å². The number of carbonyl (C=O) groups excluding carboxylic acids is 1. The van der Waals surface area contributed by atoms with Gasteiger partial charge < -0.3 is 10.0 Å². The quantitative estimate of drug-likeness (QED) is 0.349. The van der Waals surface area contributed by atoms with Crippen LogP contribution in [0.4, 0.5) is 5.69 Å².